The molecule has 3 rings (SSSR count). The number of rotatable bonds is 6. The molecule has 0 bridgehead atoms. The predicted molar refractivity (Wildman–Crippen MR) is 117 cm³/mol. The Hall–Kier alpha value is -1.67. The van der Waals surface area contributed by atoms with Gasteiger partial charge in [-0.25, -0.2) is 4.98 Å². The molecule has 27 heavy (non-hydrogen) atoms. The number of hydrogen-bond donors (Lipinski definition) is 2. The Balaban J connectivity index is 0.00000182. The third kappa shape index (κ3) is 4.99. The van der Waals surface area contributed by atoms with Crippen LogP contribution in [-0.4, -0.2) is 39.8 Å². The van der Waals surface area contributed by atoms with Gasteiger partial charge in [-0.05, 0) is 37.9 Å². The van der Waals surface area contributed by atoms with Gasteiger partial charge in [0.1, 0.15) is 0 Å². The highest BCUT2D eigenvalue weighted by atomic mass is 35.5. The highest BCUT2D eigenvalue weighted by Gasteiger charge is 2.19. The Morgan fingerprint density at radius 2 is 2.11 bits per heavy atom. The number of pyridine rings is 1. The first kappa shape index (κ1) is 23.4. The van der Waals surface area contributed by atoms with Crippen LogP contribution in [0.25, 0.3) is 21.6 Å². The molecule has 3 aromatic heterocycles. The van der Waals surface area contributed by atoms with Crippen LogP contribution >= 0.6 is 36.2 Å². The van der Waals surface area contributed by atoms with E-state index >= 15 is 0 Å². The Morgan fingerprint density at radius 1 is 1.37 bits per heavy atom. The van der Waals surface area contributed by atoms with Gasteiger partial charge in [0.15, 0.2) is 5.65 Å². The number of nitrogens with one attached hydrogen (secondary N) is 2. The molecular formula is C18H25Cl2N5OS. The zero-order valence-corrected chi connectivity index (χ0v) is 18.2. The molecule has 0 aliphatic rings. The van der Waals surface area contributed by atoms with Gasteiger partial charge in [0.2, 0.25) is 0 Å². The normalized spacial score (nSPS) is 11.6. The van der Waals surface area contributed by atoms with E-state index in [1.165, 1.54) is 0 Å². The number of nitrogens with zero attached hydrogens (tertiary/aromatic N) is 3. The summed E-state index contributed by atoms with van der Waals surface area (Å²) in [6, 6.07) is 6.09. The number of amides is 1. The zero-order valence-electron chi connectivity index (χ0n) is 15.8. The largest absolute Gasteiger partial charge is 0.350 e. The van der Waals surface area contributed by atoms with Gasteiger partial charge < -0.3 is 10.6 Å². The van der Waals surface area contributed by atoms with Crippen molar-refractivity contribution >= 4 is 53.1 Å². The molecule has 148 valence electrons. The van der Waals surface area contributed by atoms with E-state index in [0.29, 0.717) is 12.1 Å². The van der Waals surface area contributed by atoms with Gasteiger partial charge in [-0.1, -0.05) is 13.0 Å². The van der Waals surface area contributed by atoms with Gasteiger partial charge >= 0.3 is 0 Å². The third-order valence-corrected chi connectivity index (χ3v) is 5.00. The molecule has 0 aliphatic carbocycles. The van der Waals surface area contributed by atoms with Crippen LogP contribution in [0.4, 0.5) is 0 Å². The fraction of sp³-hybridized carbons (Fsp3) is 0.389. The number of carbonyl (C=O) groups is 1. The van der Waals surface area contributed by atoms with Crippen molar-refractivity contribution in [1.82, 2.24) is 25.4 Å². The lowest BCUT2D eigenvalue weighted by Gasteiger charge is -2.14. The van der Waals surface area contributed by atoms with Gasteiger partial charge in [0.25, 0.3) is 5.91 Å². The summed E-state index contributed by atoms with van der Waals surface area (Å²) in [7, 11) is 1.86. The molecular weight excluding hydrogens is 405 g/mol. The average molecular weight is 430 g/mol. The molecule has 1 amide bonds. The standard InChI is InChI=1S/C18H23N5OS.2ClH/c1-5-19-11(2)10-20-18(24)13-9-14(15-7-6-8-25-15)21-17-16(13)12(3)22-23(17)4;;/h6-9,11,19H,5,10H2,1-4H3,(H,20,24);2*1H/t11-;;/m1../s1. The van der Waals surface area contributed by atoms with Crippen molar-refractivity contribution in [2.75, 3.05) is 13.1 Å². The molecule has 0 spiro atoms. The van der Waals surface area contributed by atoms with Crippen LogP contribution in [0.15, 0.2) is 23.6 Å². The van der Waals surface area contributed by atoms with E-state index in [0.717, 1.165) is 33.8 Å². The summed E-state index contributed by atoms with van der Waals surface area (Å²) in [6.45, 7) is 7.47. The van der Waals surface area contributed by atoms with Crippen molar-refractivity contribution in [3.63, 3.8) is 0 Å². The SMILES string of the molecule is CCN[C@H](C)CNC(=O)c1cc(-c2cccs2)nc2c1c(C)nn2C.Cl.Cl. The second-order valence-electron chi connectivity index (χ2n) is 6.11. The quantitative estimate of drug-likeness (QED) is 0.627. The Labute approximate surface area is 175 Å². The van der Waals surface area contributed by atoms with Gasteiger partial charge in [0.05, 0.1) is 27.2 Å². The number of hydrogen-bond acceptors (Lipinski definition) is 5. The molecule has 6 nitrogen and oxygen atoms in total. The third-order valence-electron chi connectivity index (χ3n) is 4.11. The molecule has 3 aromatic rings. The van der Waals surface area contributed by atoms with Crippen LogP contribution in [0.2, 0.25) is 0 Å². The predicted octanol–water partition coefficient (Wildman–Crippen LogP) is 3.58. The lowest BCUT2D eigenvalue weighted by Crippen LogP contribution is -2.38. The molecule has 1 atom stereocenters. The van der Waals surface area contributed by atoms with E-state index in [9.17, 15) is 4.79 Å². The molecule has 0 fully saturated rings. The zero-order chi connectivity index (χ0) is 18.0. The smallest absolute Gasteiger partial charge is 0.252 e. The molecule has 0 unspecified atom stereocenters. The second-order valence-corrected chi connectivity index (χ2v) is 7.06. The van der Waals surface area contributed by atoms with Crippen LogP contribution < -0.4 is 10.6 Å². The van der Waals surface area contributed by atoms with E-state index in [1.807, 2.05) is 37.6 Å². The summed E-state index contributed by atoms with van der Waals surface area (Å²) in [6.07, 6.45) is 0. The molecule has 9 heteroatoms. The topological polar surface area (TPSA) is 71.8 Å². The minimum atomic E-state index is -0.0916. The van der Waals surface area contributed by atoms with Crippen LogP contribution in [0.3, 0.4) is 0 Å². The second kappa shape index (κ2) is 10.0. The monoisotopic (exact) mass is 429 g/mol. The first-order chi connectivity index (χ1) is 12.0. The number of thiophene rings is 1. The highest BCUT2D eigenvalue weighted by Crippen LogP contribution is 2.29. The fourth-order valence-electron chi connectivity index (χ4n) is 2.94. The van der Waals surface area contributed by atoms with E-state index in [1.54, 1.807) is 16.0 Å². The summed E-state index contributed by atoms with van der Waals surface area (Å²) in [4.78, 5) is 18.6. The van der Waals surface area contributed by atoms with Gasteiger partial charge in [-0.3, -0.25) is 9.48 Å². The first-order valence-corrected chi connectivity index (χ1v) is 9.29. The minimum absolute atomic E-state index is 0. The lowest BCUT2D eigenvalue weighted by atomic mass is 10.1. The fourth-order valence-corrected chi connectivity index (χ4v) is 3.62. The Morgan fingerprint density at radius 3 is 2.74 bits per heavy atom. The number of aryl methyl sites for hydroxylation is 2. The maximum atomic E-state index is 12.9. The van der Waals surface area contributed by atoms with Crippen molar-refractivity contribution in [2.45, 2.75) is 26.8 Å². The molecule has 0 saturated carbocycles. The van der Waals surface area contributed by atoms with E-state index in [4.69, 9.17) is 4.98 Å². The summed E-state index contributed by atoms with van der Waals surface area (Å²) in [5.74, 6) is -0.0916. The van der Waals surface area contributed by atoms with Crippen LogP contribution in [0.5, 0.6) is 0 Å². The van der Waals surface area contributed by atoms with Crippen molar-refractivity contribution in [3.8, 4) is 10.6 Å². The summed E-state index contributed by atoms with van der Waals surface area (Å²) in [5.41, 5.74) is 2.97. The number of aromatic nitrogens is 3. The Kier molecular flexibility index (Phi) is 8.68. The first-order valence-electron chi connectivity index (χ1n) is 8.41. The van der Waals surface area contributed by atoms with Gasteiger partial charge in [0, 0.05) is 19.6 Å². The molecule has 2 N–H and O–H groups in total. The van der Waals surface area contributed by atoms with E-state index in [-0.39, 0.29) is 36.8 Å². The number of likely N-dealkylation sites (N-methyl/N-ethyl adjacent to an activating group) is 1. The number of fused-ring (bicyclic) bond motifs is 1. The number of halogens is 2. The lowest BCUT2D eigenvalue weighted by molar-refractivity contribution is 0.0952. The molecule has 0 aromatic carbocycles. The molecule has 0 saturated heterocycles. The Bertz CT molecular complexity index is 895. The van der Waals surface area contributed by atoms with Crippen molar-refractivity contribution in [1.29, 1.82) is 0 Å². The summed E-state index contributed by atoms with van der Waals surface area (Å²) in [5, 5.41) is 13.6. The van der Waals surface area contributed by atoms with Crippen molar-refractivity contribution in [3.05, 3.63) is 34.8 Å². The van der Waals surface area contributed by atoms with Gasteiger partial charge in [-0.2, -0.15) is 5.10 Å². The maximum absolute atomic E-state index is 12.9. The molecule has 0 radical (unpaired) electrons. The van der Waals surface area contributed by atoms with Crippen LogP contribution in [0, 0.1) is 6.92 Å². The average Bonchev–Trinajstić information content (AvgIpc) is 3.21. The number of carbonyl (C=O) groups excluding carboxylic acids is 1. The molecule has 0 aliphatic heterocycles. The van der Waals surface area contributed by atoms with Gasteiger partial charge in [-0.15, -0.1) is 36.2 Å². The van der Waals surface area contributed by atoms with Crippen LogP contribution in [0.1, 0.15) is 29.9 Å². The minimum Gasteiger partial charge on any atom is -0.350 e. The van der Waals surface area contributed by atoms with Crippen molar-refractivity contribution in [2.24, 2.45) is 7.05 Å². The molecule has 3 heterocycles. The van der Waals surface area contributed by atoms with Crippen LogP contribution in [-0.2, 0) is 7.05 Å². The summed E-state index contributed by atoms with van der Waals surface area (Å²) >= 11 is 1.61. The van der Waals surface area contributed by atoms with E-state index in [2.05, 4.69) is 29.6 Å². The maximum Gasteiger partial charge on any atom is 0.252 e. The highest BCUT2D eigenvalue weighted by molar-refractivity contribution is 7.13. The summed E-state index contributed by atoms with van der Waals surface area (Å²) < 4.78 is 1.74. The van der Waals surface area contributed by atoms with E-state index < -0.39 is 0 Å². The van der Waals surface area contributed by atoms with Crippen molar-refractivity contribution < 1.29 is 4.79 Å².